The molecule has 3 aromatic rings. The van der Waals surface area contributed by atoms with E-state index in [2.05, 4.69) is 10.5 Å². The van der Waals surface area contributed by atoms with Gasteiger partial charge in [-0.1, -0.05) is 29.8 Å². The molecule has 30 heavy (non-hydrogen) atoms. The van der Waals surface area contributed by atoms with Crippen molar-refractivity contribution >= 4 is 17.4 Å². The van der Waals surface area contributed by atoms with Crippen LogP contribution in [0.15, 0.2) is 65.8 Å². The quantitative estimate of drug-likeness (QED) is 0.422. The van der Waals surface area contributed by atoms with Crippen molar-refractivity contribution in [1.29, 1.82) is 5.26 Å². The number of benzene rings is 3. The number of hydrogen-bond acceptors (Lipinski definition) is 6. The van der Waals surface area contributed by atoms with Crippen molar-refractivity contribution in [1.82, 2.24) is 0 Å². The highest BCUT2D eigenvalue weighted by Gasteiger charge is 2.19. The first-order valence-corrected chi connectivity index (χ1v) is 8.98. The number of ether oxygens (including phenoxy) is 1. The van der Waals surface area contributed by atoms with E-state index in [1.807, 2.05) is 25.1 Å². The van der Waals surface area contributed by atoms with E-state index in [-0.39, 0.29) is 22.6 Å². The predicted molar refractivity (Wildman–Crippen MR) is 114 cm³/mol. The van der Waals surface area contributed by atoms with Gasteiger partial charge < -0.3 is 14.9 Å². The summed E-state index contributed by atoms with van der Waals surface area (Å²) >= 11 is 0. The van der Waals surface area contributed by atoms with Crippen LogP contribution in [-0.2, 0) is 4.79 Å². The van der Waals surface area contributed by atoms with Gasteiger partial charge in [0.1, 0.15) is 23.1 Å². The van der Waals surface area contributed by atoms with Crippen LogP contribution in [0.4, 0.5) is 5.69 Å². The van der Waals surface area contributed by atoms with E-state index in [0.29, 0.717) is 22.6 Å². The van der Waals surface area contributed by atoms with Gasteiger partial charge in [-0.15, -0.1) is 0 Å². The fraction of sp³-hybridized carbons (Fsp3) is 0.0870. The molecule has 0 aromatic heterocycles. The van der Waals surface area contributed by atoms with Crippen LogP contribution in [0.1, 0.15) is 16.7 Å². The second-order valence-corrected chi connectivity index (χ2v) is 6.50. The molecular weight excluding hydrogens is 382 g/mol. The molecule has 0 fully saturated rings. The molecule has 0 aliphatic carbocycles. The number of phenols is 1. The topological polar surface area (TPSA) is 115 Å². The summed E-state index contributed by atoms with van der Waals surface area (Å²) in [5.41, 5.74) is 5.31. The number of hydrogen-bond donors (Lipinski definition) is 3. The Bertz CT molecular complexity index is 1140. The van der Waals surface area contributed by atoms with Gasteiger partial charge in [-0.2, -0.15) is 10.4 Å². The molecule has 0 aliphatic rings. The molecule has 3 rings (SSSR count). The molecule has 7 heteroatoms. The molecule has 0 atom stereocenters. The zero-order valence-electron chi connectivity index (χ0n) is 16.4. The van der Waals surface area contributed by atoms with E-state index in [1.165, 1.54) is 12.1 Å². The second-order valence-electron chi connectivity index (χ2n) is 6.50. The van der Waals surface area contributed by atoms with Crippen LogP contribution in [-0.4, -0.2) is 29.0 Å². The Morgan fingerprint density at radius 3 is 2.33 bits per heavy atom. The number of carboxylic acids is 1. The first kappa shape index (κ1) is 20.4. The minimum absolute atomic E-state index is 0.0418. The van der Waals surface area contributed by atoms with E-state index in [4.69, 9.17) is 4.74 Å². The molecule has 0 saturated heterocycles. The van der Waals surface area contributed by atoms with Gasteiger partial charge in [-0.3, -0.25) is 5.43 Å². The Balaban J connectivity index is 2.07. The standard InChI is InChI=1S/C23H19N3O4/c1-14-3-7-17(8-4-14)25-26-22(23(28)29)16-11-19(20(13-24)21(27)12-16)15-5-9-18(30-2)10-6-15/h3-12,25,27H,1-2H3,(H,28,29)/b26-22-. The Hall–Kier alpha value is -4.31. The average Bonchev–Trinajstić information content (AvgIpc) is 2.74. The van der Waals surface area contributed by atoms with Gasteiger partial charge >= 0.3 is 5.97 Å². The fourth-order valence-corrected chi connectivity index (χ4v) is 2.86. The number of methoxy groups -OCH3 is 1. The van der Waals surface area contributed by atoms with Crippen molar-refractivity contribution in [3.05, 3.63) is 77.4 Å². The molecular formula is C23H19N3O4. The summed E-state index contributed by atoms with van der Waals surface area (Å²) in [6.45, 7) is 1.94. The third-order valence-electron chi connectivity index (χ3n) is 4.45. The molecule has 7 nitrogen and oxygen atoms in total. The smallest absolute Gasteiger partial charge is 0.356 e. The van der Waals surface area contributed by atoms with Crippen LogP contribution >= 0.6 is 0 Å². The number of phenolic OH excluding ortho intramolecular Hbond substituents is 1. The van der Waals surface area contributed by atoms with Crippen molar-refractivity contribution in [3.63, 3.8) is 0 Å². The van der Waals surface area contributed by atoms with Gasteiger partial charge in [0, 0.05) is 11.1 Å². The largest absolute Gasteiger partial charge is 0.507 e. The maximum Gasteiger partial charge on any atom is 0.356 e. The Kier molecular flexibility index (Phi) is 5.99. The van der Waals surface area contributed by atoms with Crippen molar-refractivity contribution in [2.24, 2.45) is 5.10 Å². The van der Waals surface area contributed by atoms with Crippen LogP contribution in [0, 0.1) is 18.3 Å². The molecule has 3 aromatic carbocycles. The number of rotatable bonds is 6. The van der Waals surface area contributed by atoms with Crippen molar-refractivity contribution in [3.8, 4) is 28.7 Å². The maximum absolute atomic E-state index is 11.8. The lowest BCUT2D eigenvalue weighted by Gasteiger charge is -2.11. The predicted octanol–water partition coefficient (Wildman–Crippen LogP) is 4.15. The summed E-state index contributed by atoms with van der Waals surface area (Å²) in [6.07, 6.45) is 0. The molecule has 0 radical (unpaired) electrons. The zero-order valence-corrected chi connectivity index (χ0v) is 16.4. The lowest BCUT2D eigenvalue weighted by atomic mass is 9.95. The zero-order chi connectivity index (χ0) is 21.7. The van der Waals surface area contributed by atoms with Gasteiger partial charge in [0.25, 0.3) is 0 Å². The summed E-state index contributed by atoms with van der Waals surface area (Å²) in [4.78, 5) is 11.8. The summed E-state index contributed by atoms with van der Waals surface area (Å²) in [7, 11) is 1.54. The highest BCUT2D eigenvalue weighted by Crippen LogP contribution is 2.32. The normalized spacial score (nSPS) is 10.9. The van der Waals surface area contributed by atoms with Gasteiger partial charge in [-0.25, -0.2) is 4.79 Å². The van der Waals surface area contributed by atoms with Gasteiger partial charge in [0.15, 0.2) is 5.71 Å². The molecule has 0 unspecified atom stereocenters. The molecule has 0 saturated carbocycles. The van der Waals surface area contributed by atoms with Crippen LogP contribution in [0.25, 0.3) is 11.1 Å². The first-order valence-electron chi connectivity index (χ1n) is 8.98. The van der Waals surface area contributed by atoms with Crippen molar-refractivity contribution < 1.29 is 19.7 Å². The number of nitrogens with one attached hydrogen (secondary N) is 1. The number of carbonyl (C=O) groups is 1. The number of nitriles is 1. The molecule has 0 heterocycles. The van der Waals surface area contributed by atoms with E-state index in [9.17, 15) is 20.3 Å². The first-order chi connectivity index (χ1) is 14.4. The van der Waals surface area contributed by atoms with E-state index < -0.39 is 5.97 Å². The third kappa shape index (κ3) is 4.39. The monoisotopic (exact) mass is 401 g/mol. The van der Waals surface area contributed by atoms with Crippen LogP contribution < -0.4 is 10.2 Å². The van der Waals surface area contributed by atoms with E-state index >= 15 is 0 Å². The third-order valence-corrected chi connectivity index (χ3v) is 4.45. The fourth-order valence-electron chi connectivity index (χ4n) is 2.86. The summed E-state index contributed by atoms with van der Waals surface area (Å²) < 4.78 is 5.14. The number of nitrogens with zero attached hydrogens (tertiary/aromatic N) is 2. The molecule has 0 bridgehead atoms. The summed E-state index contributed by atoms with van der Waals surface area (Å²) in [5, 5.41) is 33.5. The van der Waals surface area contributed by atoms with Crippen molar-refractivity contribution in [2.45, 2.75) is 6.92 Å². The maximum atomic E-state index is 11.8. The average molecular weight is 401 g/mol. The molecule has 3 N–H and O–H groups in total. The minimum atomic E-state index is -1.28. The summed E-state index contributed by atoms with van der Waals surface area (Å²) in [6, 6.07) is 18.9. The highest BCUT2D eigenvalue weighted by atomic mass is 16.5. The van der Waals surface area contributed by atoms with Crippen molar-refractivity contribution in [2.75, 3.05) is 12.5 Å². The number of hydrazone groups is 1. The summed E-state index contributed by atoms with van der Waals surface area (Å²) in [5.74, 6) is -0.975. The van der Waals surface area contributed by atoms with E-state index in [1.54, 1.807) is 43.5 Å². The Labute approximate surface area is 173 Å². The number of aryl methyl sites for hydroxylation is 1. The van der Waals surface area contributed by atoms with Crippen LogP contribution in [0.2, 0.25) is 0 Å². The Morgan fingerprint density at radius 1 is 1.10 bits per heavy atom. The number of aromatic hydroxyl groups is 1. The van der Waals surface area contributed by atoms with Crippen LogP contribution in [0.3, 0.4) is 0 Å². The molecule has 0 amide bonds. The molecule has 0 spiro atoms. The number of carboxylic acid groups (broad SMARTS) is 1. The molecule has 150 valence electrons. The van der Waals surface area contributed by atoms with Crippen LogP contribution in [0.5, 0.6) is 11.5 Å². The van der Waals surface area contributed by atoms with Gasteiger partial charge in [0.2, 0.25) is 0 Å². The van der Waals surface area contributed by atoms with E-state index in [0.717, 1.165) is 5.56 Å². The lowest BCUT2D eigenvalue weighted by Crippen LogP contribution is -2.16. The number of aliphatic carboxylic acids is 1. The Morgan fingerprint density at radius 2 is 1.77 bits per heavy atom. The van der Waals surface area contributed by atoms with Gasteiger partial charge in [0.05, 0.1) is 12.8 Å². The lowest BCUT2D eigenvalue weighted by molar-refractivity contribution is -0.129. The minimum Gasteiger partial charge on any atom is -0.507 e. The molecule has 0 aliphatic heterocycles. The van der Waals surface area contributed by atoms with Gasteiger partial charge in [-0.05, 0) is 48.9 Å². The second kappa shape index (κ2) is 8.80. The SMILES string of the molecule is COc1ccc(-c2cc(/C(=N/Nc3ccc(C)cc3)C(=O)O)cc(O)c2C#N)cc1. The number of anilines is 1. The highest BCUT2D eigenvalue weighted by molar-refractivity contribution is 6.42.